The Morgan fingerprint density at radius 2 is 1.43 bits per heavy atom. The van der Waals surface area contributed by atoms with Crippen molar-refractivity contribution in [2.45, 2.75) is 63.6 Å². The first-order valence-electron chi connectivity index (χ1n) is 16.0. The Labute approximate surface area is 295 Å². The summed E-state index contributed by atoms with van der Waals surface area (Å²) in [6.45, 7) is 1.62. The molecule has 51 heavy (non-hydrogen) atoms. The highest BCUT2D eigenvalue weighted by Gasteiger charge is 2.14. The first kappa shape index (κ1) is 42.4. The van der Waals surface area contributed by atoms with Crippen LogP contribution in [0.15, 0.2) is 77.6 Å². The van der Waals surface area contributed by atoms with E-state index in [4.69, 9.17) is 42.4 Å². The van der Waals surface area contributed by atoms with Gasteiger partial charge in [0.05, 0.1) is 11.3 Å². The van der Waals surface area contributed by atoms with Crippen LogP contribution in [0.5, 0.6) is 5.88 Å². The van der Waals surface area contributed by atoms with Crippen molar-refractivity contribution in [2.24, 2.45) is 22.9 Å². The van der Waals surface area contributed by atoms with Crippen molar-refractivity contribution in [1.82, 2.24) is 15.1 Å². The van der Waals surface area contributed by atoms with E-state index >= 15 is 0 Å². The second-order valence-electron chi connectivity index (χ2n) is 11.1. The van der Waals surface area contributed by atoms with E-state index in [1.165, 1.54) is 6.20 Å². The number of hydrogen-bond acceptors (Lipinski definition) is 14. The molecule has 1 aromatic carbocycles. The number of nitrogens with zero attached hydrogens (tertiary/aromatic N) is 3. The van der Waals surface area contributed by atoms with E-state index in [1.807, 2.05) is 41.5 Å². The van der Waals surface area contributed by atoms with Gasteiger partial charge in [-0.15, -0.1) is 0 Å². The molecule has 0 saturated heterocycles. The molecule has 3 heterocycles. The number of carboxylic acid groups (broad SMARTS) is 2. The fourth-order valence-electron chi connectivity index (χ4n) is 4.16. The number of carbonyl (C=O) groups is 2. The van der Waals surface area contributed by atoms with Crippen LogP contribution < -0.4 is 42.5 Å². The molecular formula is C33H45N8O9P-2. The average molecular weight is 729 g/mol. The van der Waals surface area contributed by atoms with Gasteiger partial charge in [-0.05, 0) is 68.1 Å². The van der Waals surface area contributed by atoms with Gasteiger partial charge < -0.3 is 61.8 Å². The number of nitrogens with two attached hydrogens (primary N) is 4. The molecule has 0 fully saturated rings. The molecule has 278 valence electrons. The molecule has 2 atom stereocenters. The van der Waals surface area contributed by atoms with E-state index in [9.17, 15) is 23.9 Å². The van der Waals surface area contributed by atoms with Gasteiger partial charge in [-0.2, -0.15) is 0 Å². The zero-order valence-electron chi connectivity index (χ0n) is 28.0. The lowest BCUT2D eigenvalue weighted by atomic mass is 10.1. The van der Waals surface area contributed by atoms with Gasteiger partial charge in [0.15, 0.2) is 5.76 Å². The molecule has 18 heteroatoms. The molecular weight excluding hydrogens is 683 g/mol. The topological polar surface area (TPSA) is 315 Å². The molecule has 0 saturated carbocycles. The molecule has 0 radical (unpaired) electrons. The van der Waals surface area contributed by atoms with Crippen molar-refractivity contribution >= 4 is 25.5 Å². The Kier molecular flexibility index (Phi) is 19.0. The monoisotopic (exact) mass is 728 g/mol. The van der Waals surface area contributed by atoms with E-state index in [1.54, 1.807) is 30.5 Å². The molecule has 0 amide bonds. The summed E-state index contributed by atoms with van der Waals surface area (Å²) in [6, 6.07) is 16.8. The molecule has 0 spiro atoms. The molecule has 11 N–H and O–H groups in total. The van der Waals surface area contributed by atoms with Crippen molar-refractivity contribution in [1.29, 1.82) is 0 Å². The number of ether oxygens (including phenoxy) is 1. The van der Waals surface area contributed by atoms with Gasteiger partial charge in [0.25, 0.3) is 0 Å². The summed E-state index contributed by atoms with van der Waals surface area (Å²) in [4.78, 5) is 50.4. The Morgan fingerprint density at radius 3 is 1.96 bits per heavy atom. The summed E-state index contributed by atoms with van der Waals surface area (Å²) in [5, 5.41) is 22.6. The fraction of sp³-hybridized carbons (Fsp3) is 0.364. The summed E-state index contributed by atoms with van der Waals surface area (Å²) in [5.74, 6) is -1.10. The Morgan fingerprint density at radius 1 is 0.843 bits per heavy atom. The number of rotatable bonds is 18. The van der Waals surface area contributed by atoms with E-state index in [0.29, 0.717) is 61.9 Å². The molecule has 0 bridgehead atoms. The van der Waals surface area contributed by atoms with Gasteiger partial charge in [-0.1, -0.05) is 48.3 Å². The molecule has 3 aromatic heterocycles. The maximum atomic E-state index is 11.0. The van der Waals surface area contributed by atoms with Crippen LogP contribution in [-0.4, -0.2) is 62.4 Å². The highest BCUT2D eigenvalue weighted by molar-refractivity contribution is 7.50. The minimum Gasteiger partial charge on any atom is -0.795 e. The average Bonchev–Trinajstić information content (AvgIpc) is 3.56. The van der Waals surface area contributed by atoms with Crippen molar-refractivity contribution in [3.8, 4) is 17.2 Å². The normalized spacial score (nSPS) is 12.0. The third-order valence-electron chi connectivity index (χ3n) is 6.88. The van der Waals surface area contributed by atoms with E-state index < -0.39 is 31.8 Å². The summed E-state index contributed by atoms with van der Waals surface area (Å²) < 4.78 is 22.0. The van der Waals surface area contributed by atoms with E-state index in [-0.39, 0.29) is 5.82 Å². The van der Waals surface area contributed by atoms with E-state index in [2.05, 4.69) is 15.1 Å². The van der Waals surface area contributed by atoms with Gasteiger partial charge in [-0.25, -0.2) is 9.97 Å². The number of pyridine rings is 2. The van der Waals surface area contributed by atoms with E-state index in [0.717, 1.165) is 36.8 Å². The predicted octanol–water partition coefficient (Wildman–Crippen LogP) is 1.60. The van der Waals surface area contributed by atoms with Crippen molar-refractivity contribution in [3.05, 3.63) is 89.9 Å². The molecule has 17 nitrogen and oxygen atoms in total. The quantitative estimate of drug-likeness (QED) is 0.0565. The molecule has 0 aliphatic rings. The minimum absolute atomic E-state index is 0.101. The number of benzene rings is 1. The fourth-order valence-corrected chi connectivity index (χ4v) is 4.60. The predicted molar refractivity (Wildman–Crippen MR) is 186 cm³/mol. The summed E-state index contributed by atoms with van der Waals surface area (Å²) in [6.07, 6.45) is 7.89. The number of aromatic nitrogens is 3. The smallest absolute Gasteiger partial charge is 0.320 e. The van der Waals surface area contributed by atoms with Crippen molar-refractivity contribution < 1.29 is 43.4 Å². The van der Waals surface area contributed by atoms with Crippen LogP contribution in [0.25, 0.3) is 11.3 Å². The molecule has 0 aliphatic heterocycles. The number of unbranched alkanes of at least 4 members (excludes halogenated alkanes) is 2. The van der Waals surface area contributed by atoms with Crippen LogP contribution in [-0.2, 0) is 27.2 Å². The first-order valence-corrected chi connectivity index (χ1v) is 17.6. The first-order chi connectivity index (χ1) is 24.3. The summed E-state index contributed by atoms with van der Waals surface area (Å²) in [5.41, 5.74) is 23.8. The number of hydrogen-bond donors (Lipinski definition) is 7. The van der Waals surface area contributed by atoms with Gasteiger partial charge >= 0.3 is 11.9 Å². The van der Waals surface area contributed by atoms with Crippen LogP contribution in [0.1, 0.15) is 55.3 Å². The Balaban J connectivity index is 0.000000371. The van der Waals surface area contributed by atoms with Gasteiger partial charge in [0.1, 0.15) is 24.5 Å². The van der Waals surface area contributed by atoms with Crippen LogP contribution in [0, 0.1) is 0 Å². The largest absolute Gasteiger partial charge is 0.795 e. The lowest BCUT2D eigenvalue weighted by Gasteiger charge is -2.30. The van der Waals surface area contributed by atoms with Crippen molar-refractivity contribution in [2.75, 3.05) is 18.2 Å². The standard InChI is InChI=1S/C21H19N4O5P.2C6H14N2O2/c26-31(27,28)25-21-18(4-3-11-23-21)19-13-17(24-30-19)12-15-6-8-16(9-7-15)14-29-20-5-1-2-10-22-20;2*7-4-2-1-3-5(8)6(9)10/h1-11,13H,12,14H2,(H3,23,25,26,27,28);2*5H,1-4,7-8H2,(H,9,10)/p-2/t;2*5-/m.00/s1. The van der Waals surface area contributed by atoms with Crippen LogP contribution in [0.2, 0.25) is 0 Å². The van der Waals surface area contributed by atoms with Gasteiger partial charge in [-0.3, -0.25) is 9.59 Å². The summed E-state index contributed by atoms with van der Waals surface area (Å²) >= 11 is 0. The lowest BCUT2D eigenvalue weighted by Crippen LogP contribution is -2.29. The number of anilines is 1. The highest BCUT2D eigenvalue weighted by atomic mass is 31.2. The van der Waals surface area contributed by atoms with Gasteiger partial charge in [0.2, 0.25) is 5.88 Å². The maximum absolute atomic E-state index is 11.0. The lowest BCUT2D eigenvalue weighted by molar-refractivity contribution is -0.311. The number of carboxylic acids is 2. The molecule has 0 unspecified atom stereocenters. The van der Waals surface area contributed by atoms with Crippen LogP contribution >= 0.6 is 7.75 Å². The highest BCUT2D eigenvalue weighted by Crippen LogP contribution is 2.33. The Bertz CT molecular complexity index is 1610. The third kappa shape index (κ3) is 17.7. The number of aliphatic carboxylic acids is 2. The zero-order valence-corrected chi connectivity index (χ0v) is 28.9. The minimum atomic E-state index is -5.00. The molecule has 0 aliphatic carbocycles. The molecule has 4 aromatic rings. The van der Waals surface area contributed by atoms with Crippen LogP contribution in [0.3, 0.4) is 0 Å². The number of nitrogens with one attached hydrogen (secondary N) is 1. The second-order valence-corrected chi connectivity index (χ2v) is 12.3. The van der Waals surface area contributed by atoms with Crippen molar-refractivity contribution in [3.63, 3.8) is 0 Å². The van der Waals surface area contributed by atoms with Crippen LogP contribution in [0.4, 0.5) is 5.82 Å². The maximum Gasteiger partial charge on any atom is 0.320 e. The molecule has 4 rings (SSSR count). The SMILES string of the molecule is NCCCC[C@H](N)C(=O)O.NCCCC[C@H](N)C(=O)O.O=P([O-])([O-])Nc1ncccc1-c1cc(Cc2ccc(COc3ccccn3)cc2)no1. The Hall–Kier alpha value is -4.74. The zero-order chi connectivity index (χ0) is 37.6. The second kappa shape index (κ2) is 22.9. The third-order valence-corrected chi connectivity index (χ3v) is 7.37. The summed E-state index contributed by atoms with van der Waals surface area (Å²) in [7, 11) is -5.00. The van der Waals surface area contributed by atoms with Gasteiger partial charge in [0, 0.05) is 38.7 Å².